The molecule has 0 aliphatic carbocycles. The van der Waals surface area contributed by atoms with Crippen LogP contribution in [0.1, 0.15) is 27.9 Å². The van der Waals surface area contributed by atoms with Crippen molar-refractivity contribution in [2.45, 2.75) is 38.8 Å². The molecule has 6 nitrogen and oxygen atoms in total. The Labute approximate surface area is 124 Å². The number of hydrogen-bond donors (Lipinski definition) is 3. The van der Waals surface area contributed by atoms with Gasteiger partial charge in [0.05, 0.1) is 17.7 Å². The minimum absolute atomic E-state index is 0.173. The number of aliphatic hydroxyl groups excluding tert-OH is 1. The molecule has 0 aliphatic rings. The summed E-state index contributed by atoms with van der Waals surface area (Å²) in [6.07, 6.45) is 1.60. The third kappa shape index (κ3) is 3.31. The van der Waals surface area contributed by atoms with E-state index in [2.05, 4.69) is 14.9 Å². The van der Waals surface area contributed by atoms with Gasteiger partial charge in [-0.1, -0.05) is 6.07 Å². The largest absolute Gasteiger partial charge is 0.392 e. The predicted molar refractivity (Wildman–Crippen MR) is 79.2 cm³/mol. The van der Waals surface area contributed by atoms with E-state index < -0.39 is 10.0 Å². The van der Waals surface area contributed by atoms with Gasteiger partial charge in [0.1, 0.15) is 0 Å². The Bertz CT molecular complexity index is 751. The fourth-order valence-corrected chi connectivity index (χ4v) is 3.42. The Morgan fingerprint density at radius 1 is 1.19 bits per heavy atom. The van der Waals surface area contributed by atoms with E-state index in [1.54, 1.807) is 19.2 Å². The molecule has 0 aliphatic heterocycles. The van der Waals surface area contributed by atoms with Gasteiger partial charge < -0.3 is 5.11 Å². The van der Waals surface area contributed by atoms with Crippen LogP contribution in [0.2, 0.25) is 0 Å². The first-order valence-corrected chi connectivity index (χ1v) is 8.03. The maximum Gasteiger partial charge on any atom is 0.241 e. The number of aromatic nitrogens is 2. The normalized spacial score (nSPS) is 11.8. The number of aliphatic hydroxyl groups is 1. The Morgan fingerprint density at radius 2 is 1.90 bits per heavy atom. The number of benzene rings is 1. The highest BCUT2D eigenvalue weighted by molar-refractivity contribution is 7.89. The molecule has 0 saturated carbocycles. The third-order valence-electron chi connectivity index (χ3n) is 3.48. The van der Waals surface area contributed by atoms with Gasteiger partial charge in [-0.2, -0.15) is 5.10 Å². The monoisotopic (exact) mass is 309 g/mol. The van der Waals surface area contributed by atoms with E-state index in [0.717, 1.165) is 16.8 Å². The smallest absolute Gasteiger partial charge is 0.241 e. The molecule has 2 aromatic rings. The molecule has 0 fully saturated rings. The zero-order valence-electron chi connectivity index (χ0n) is 12.3. The minimum atomic E-state index is -3.64. The number of aryl methyl sites for hydroxylation is 3. The lowest BCUT2D eigenvalue weighted by molar-refractivity contribution is 0.280. The number of H-pyrrole nitrogens is 1. The lowest BCUT2D eigenvalue weighted by atomic mass is 10.1. The van der Waals surface area contributed by atoms with Gasteiger partial charge in [0.15, 0.2) is 0 Å². The van der Waals surface area contributed by atoms with E-state index in [4.69, 9.17) is 0 Å². The van der Waals surface area contributed by atoms with Crippen molar-refractivity contribution < 1.29 is 13.5 Å². The zero-order valence-corrected chi connectivity index (χ0v) is 13.1. The minimum Gasteiger partial charge on any atom is -0.392 e. The quantitative estimate of drug-likeness (QED) is 0.776. The number of nitrogens with one attached hydrogen (secondary N) is 2. The summed E-state index contributed by atoms with van der Waals surface area (Å²) in [6, 6.07) is 3.29. The molecule has 1 aromatic carbocycles. The SMILES string of the molecule is Cc1cc(C)c(S(=O)(=O)NCc2cn[nH]c2C)cc1CO. The molecule has 3 N–H and O–H groups in total. The van der Waals surface area contributed by atoms with Gasteiger partial charge in [-0.05, 0) is 43.5 Å². The van der Waals surface area contributed by atoms with Crippen LogP contribution in [0.5, 0.6) is 0 Å². The maximum atomic E-state index is 12.4. The molecular formula is C14H19N3O3S. The molecule has 0 saturated heterocycles. The molecule has 7 heteroatoms. The third-order valence-corrected chi connectivity index (χ3v) is 5.02. The molecule has 1 heterocycles. The van der Waals surface area contributed by atoms with Crippen LogP contribution in [0.15, 0.2) is 23.2 Å². The number of nitrogens with zero attached hydrogens (tertiary/aromatic N) is 1. The van der Waals surface area contributed by atoms with Crippen molar-refractivity contribution in [2.75, 3.05) is 0 Å². The van der Waals surface area contributed by atoms with E-state index >= 15 is 0 Å². The van der Waals surface area contributed by atoms with E-state index in [-0.39, 0.29) is 18.0 Å². The number of rotatable bonds is 5. The Kier molecular flexibility index (Phi) is 4.46. The van der Waals surface area contributed by atoms with Gasteiger partial charge >= 0.3 is 0 Å². The molecule has 1 aromatic heterocycles. The van der Waals surface area contributed by atoms with Crippen LogP contribution >= 0.6 is 0 Å². The molecular weight excluding hydrogens is 290 g/mol. The van der Waals surface area contributed by atoms with E-state index in [9.17, 15) is 13.5 Å². The maximum absolute atomic E-state index is 12.4. The average Bonchev–Trinajstić information content (AvgIpc) is 2.82. The van der Waals surface area contributed by atoms with Crippen molar-refractivity contribution in [1.29, 1.82) is 0 Å². The van der Waals surface area contributed by atoms with Crippen molar-refractivity contribution in [3.63, 3.8) is 0 Å². The highest BCUT2D eigenvalue weighted by atomic mass is 32.2. The number of aromatic amines is 1. The molecule has 0 radical (unpaired) electrons. The van der Waals surface area contributed by atoms with Gasteiger partial charge in [-0.15, -0.1) is 0 Å². The van der Waals surface area contributed by atoms with Crippen molar-refractivity contribution in [3.8, 4) is 0 Å². The fraction of sp³-hybridized carbons (Fsp3) is 0.357. The summed E-state index contributed by atoms with van der Waals surface area (Å²) in [5.41, 5.74) is 3.77. The topological polar surface area (TPSA) is 95.1 Å². The Hall–Kier alpha value is -1.70. The van der Waals surface area contributed by atoms with Crippen LogP contribution in [-0.4, -0.2) is 23.7 Å². The average molecular weight is 309 g/mol. The van der Waals surface area contributed by atoms with E-state index in [1.807, 2.05) is 13.8 Å². The summed E-state index contributed by atoms with van der Waals surface area (Å²) < 4.78 is 27.4. The van der Waals surface area contributed by atoms with E-state index in [1.165, 1.54) is 6.07 Å². The van der Waals surface area contributed by atoms with E-state index in [0.29, 0.717) is 11.1 Å². The molecule has 2 rings (SSSR count). The number of sulfonamides is 1. The Morgan fingerprint density at radius 3 is 2.48 bits per heavy atom. The van der Waals surface area contributed by atoms with Gasteiger partial charge in [0.2, 0.25) is 10.0 Å². The summed E-state index contributed by atoms with van der Waals surface area (Å²) in [6.45, 7) is 5.41. The molecule has 0 unspecified atom stereocenters. The first-order chi connectivity index (χ1) is 9.85. The van der Waals surface area contributed by atoms with Crippen LogP contribution in [0.25, 0.3) is 0 Å². The van der Waals surface area contributed by atoms with Gasteiger partial charge in [-0.25, -0.2) is 13.1 Å². The summed E-state index contributed by atoms with van der Waals surface area (Å²) in [4.78, 5) is 0.193. The molecule has 21 heavy (non-hydrogen) atoms. The lowest BCUT2D eigenvalue weighted by Gasteiger charge is -2.12. The van der Waals surface area contributed by atoms with Crippen molar-refractivity contribution in [3.05, 3.63) is 46.3 Å². The molecule has 0 amide bonds. The second-order valence-electron chi connectivity index (χ2n) is 5.05. The summed E-state index contributed by atoms with van der Waals surface area (Å²) in [7, 11) is -3.64. The van der Waals surface area contributed by atoms with Crippen molar-refractivity contribution >= 4 is 10.0 Å². The predicted octanol–water partition coefficient (Wildman–Crippen LogP) is 1.31. The molecule has 0 spiro atoms. The van der Waals surface area contributed by atoms with Crippen molar-refractivity contribution in [2.24, 2.45) is 0 Å². The van der Waals surface area contributed by atoms with Gasteiger partial charge in [-0.3, -0.25) is 5.10 Å². The van der Waals surface area contributed by atoms with Crippen LogP contribution in [0.3, 0.4) is 0 Å². The first-order valence-electron chi connectivity index (χ1n) is 6.54. The van der Waals surface area contributed by atoms with Crippen LogP contribution in [0.4, 0.5) is 0 Å². The summed E-state index contributed by atoms with van der Waals surface area (Å²) >= 11 is 0. The van der Waals surface area contributed by atoms with Crippen LogP contribution in [0, 0.1) is 20.8 Å². The highest BCUT2D eigenvalue weighted by Gasteiger charge is 2.18. The zero-order chi connectivity index (χ0) is 15.6. The highest BCUT2D eigenvalue weighted by Crippen LogP contribution is 2.21. The second-order valence-corrected chi connectivity index (χ2v) is 6.78. The standard InChI is InChI=1S/C14H19N3O3S/c1-9-4-10(2)14(5-12(9)8-18)21(19,20)16-7-13-6-15-17-11(13)3/h4-6,16,18H,7-8H2,1-3H3,(H,15,17). The summed E-state index contributed by atoms with van der Waals surface area (Å²) in [5, 5.41) is 15.9. The second kappa shape index (κ2) is 5.97. The Balaban J connectivity index is 2.29. The number of hydrogen-bond acceptors (Lipinski definition) is 4. The summed E-state index contributed by atoms with van der Waals surface area (Å²) in [5.74, 6) is 0. The molecule has 114 valence electrons. The lowest BCUT2D eigenvalue weighted by Crippen LogP contribution is -2.24. The van der Waals surface area contributed by atoms with Crippen molar-refractivity contribution in [1.82, 2.24) is 14.9 Å². The molecule has 0 bridgehead atoms. The fourth-order valence-electron chi connectivity index (χ4n) is 2.14. The first kappa shape index (κ1) is 15.7. The van der Waals surface area contributed by atoms with Crippen LogP contribution < -0.4 is 4.72 Å². The molecule has 0 atom stereocenters. The van der Waals surface area contributed by atoms with Gasteiger partial charge in [0, 0.05) is 17.8 Å². The van der Waals surface area contributed by atoms with Gasteiger partial charge in [0.25, 0.3) is 0 Å². The van der Waals surface area contributed by atoms with Crippen LogP contribution in [-0.2, 0) is 23.2 Å².